The van der Waals surface area contributed by atoms with Crippen molar-refractivity contribution in [1.29, 1.82) is 5.26 Å². The summed E-state index contributed by atoms with van der Waals surface area (Å²) in [6.07, 6.45) is 1.76. The zero-order chi connectivity index (χ0) is 26.8. The summed E-state index contributed by atoms with van der Waals surface area (Å²) in [5.74, 6) is 0.324. The van der Waals surface area contributed by atoms with Gasteiger partial charge in [0.1, 0.15) is 12.4 Å². The highest BCUT2D eigenvalue weighted by atomic mass is 35.5. The molecule has 0 radical (unpaired) electrons. The maximum Gasteiger partial charge on any atom is 0.298 e. The Hall–Kier alpha value is -4.25. The number of benzene rings is 3. The number of hydrogen-bond acceptors (Lipinski definition) is 5. The maximum atomic E-state index is 13.1. The molecule has 6 nitrogen and oxygen atoms in total. The number of hydrogen-bond donors (Lipinski definition) is 0. The summed E-state index contributed by atoms with van der Waals surface area (Å²) in [5.41, 5.74) is 5.60. The van der Waals surface area contributed by atoms with Gasteiger partial charge in [-0.25, -0.2) is 4.90 Å². The first kappa shape index (κ1) is 25.4. The van der Waals surface area contributed by atoms with E-state index in [-0.39, 0.29) is 11.1 Å². The number of nitriles is 1. The number of aromatic nitrogens is 1. The molecule has 0 unspecified atom stereocenters. The van der Waals surface area contributed by atoms with Crippen LogP contribution in [0, 0.1) is 25.2 Å². The Bertz CT molecular complexity index is 1630. The molecule has 1 aromatic heterocycles. The van der Waals surface area contributed by atoms with Gasteiger partial charge in [0, 0.05) is 27.7 Å². The summed E-state index contributed by atoms with van der Waals surface area (Å²) >= 11 is 6.97. The SMILES string of the molecule is Cc1cc(/C=C2/SC(=O)N(c3cccc(Cl)c3)C2=O)c(C)n1-c1ccc(OCc2ccccc2C#N)cc1. The predicted octanol–water partition coefficient (Wildman–Crippen LogP) is 7.44. The molecule has 5 rings (SSSR count). The molecule has 0 atom stereocenters. The average Bonchev–Trinajstić information content (AvgIpc) is 3.36. The normalized spacial score (nSPS) is 14.3. The summed E-state index contributed by atoms with van der Waals surface area (Å²) in [5, 5.41) is 9.37. The van der Waals surface area contributed by atoms with Gasteiger partial charge in [-0.2, -0.15) is 5.26 Å². The quantitative estimate of drug-likeness (QED) is 0.238. The lowest BCUT2D eigenvalue weighted by atomic mass is 10.1. The first-order valence-electron chi connectivity index (χ1n) is 11.8. The molecular weight excluding hydrogens is 518 g/mol. The number of carbonyl (C=O) groups excluding carboxylic acids is 2. The second-order valence-corrected chi connectivity index (χ2v) is 10.1. The molecule has 1 fully saturated rings. The fourth-order valence-corrected chi connectivity index (χ4v) is 5.40. The standard InChI is InChI=1S/C30H22ClN3O3S/c1-19-14-23(15-28-29(35)34(30(36)38-28)26-9-5-8-24(31)16-26)20(2)33(19)25-10-12-27(13-11-25)37-18-22-7-4-3-6-21(22)17-32/h3-16H,18H2,1-2H3/b28-15+. The van der Waals surface area contributed by atoms with Crippen LogP contribution < -0.4 is 9.64 Å². The molecule has 188 valence electrons. The Kier molecular flexibility index (Phi) is 7.10. The summed E-state index contributed by atoms with van der Waals surface area (Å²) in [6, 6.07) is 25.9. The molecule has 1 aliphatic heterocycles. The molecule has 0 saturated carbocycles. The van der Waals surface area contributed by atoms with Gasteiger partial charge < -0.3 is 9.30 Å². The largest absolute Gasteiger partial charge is 0.489 e. The molecular formula is C30H22ClN3O3S. The van der Waals surface area contributed by atoms with Crippen LogP contribution in [0.1, 0.15) is 28.1 Å². The molecule has 0 aliphatic carbocycles. The van der Waals surface area contributed by atoms with E-state index in [1.54, 1.807) is 36.4 Å². The molecule has 1 saturated heterocycles. The Labute approximate surface area is 229 Å². The third kappa shape index (κ3) is 4.97. The molecule has 3 aromatic carbocycles. The molecule has 4 aromatic rings. The number of nitrogens with zero attached hydrogens (tertiary/aromatic N) is 3. The molecule has 8 heteroatoms. The number of aryl methyl sites for hydroxylation is 1. The number of anilines is 1. The lowest BCUT2D eigenvalue weighted by Gasteiger charge is -2.12. The molecule has 0 N–H and O–H groups in total. The Morgan fingerprint density at radius 1 is 0.974 bits per heavy atom. The number of halogens is 1. The van der Waals surface area contributed by atoms with E-state index in [2.05, 4.69) is 10.6 Å². The van der Waals surface area contributed by atoms with Crippen LogP contribution in [0.5, 0.6) is 5.75 Å². The number of carbonyl (C=O) groups is 2. The van der Waals surface area contributed by atoms with E-state index in [0.717, 1.165) is 44.9 Å². The molecule has 2 heterocycles. The van der Waals surface area contributed by atoms with Crippen molar-refractivity contribution in [1.82, 2.24) is 4.57 Å². The minimum absolute atomic E-state index is 0.305. The van der Waals surface area contributed by atoms with Crippen LogP contribution in [0.3, 0.4) is 0 Å². The molecule has 1 aliphatic rings. The van der Waals surface area contributed by atoms with E-state index < -0.39 is 0 Å². The lowest BCUT2D eigenvalue weighted by molar-refractivity contribution is -0.113. The zero-order valence-corrected chi connectivity index (χ0v) is 22.2. The fourth-order valence-electron chi connectivity index (χ4n) is 4.39. The van der Waals surface area contributed by atoms with E-state index in [0.29, 0.717) is 33.5 Å². The Morgan fingerprint density at radius 2 is 1.74 bits per heavy atom. The third-order valence-electron chi connectivity index (χ3n) is 6.24. The topological polar surface area (TPSA) is 75.3 Å². The zero-order valence-electron chi connectivity index (χ0n) is 20.6. The molecule has 38 heavy (non-hydrogen) atoms. The maximum absolute atomic E-state index is 13.1. The van der Waals surface area contributed by atoms with Crippen molar-refractivity contribution in [3.63, 3.8) is 0 Å². The first-order valence-corrected chi connectivity index (χ1v) is 13.0. The molecule has 0 bridgehead atoms. The molecule has 2 amide bonds. The fraction of sp³-hybridized carbons (Fsp3) is 0.100. The van der Waals surface area contributed by atoms with E-state index >= 15 is 0 Å². The van der Waals surface area contributed by atoms with Crippen LogP contribution >= 0.6 is 23.4 Å². The predicted molar refractivity (Wildman–Crippen MR) is 151 cm³/mol. The Balaban J connectivity index is 1.36. The smallest absolute Gasteiger partial charge is 0.298 e. The van der Waals surface area contributed by atoms with Crippen LogP contribution in [0.25, 0.3) is 11.8 Å². The summed E-state index contributed by atoms with van der Waals surface area (Å²) < 4.78 is 7.99. The van der Waals surface area contributed by atoms with E-state index in [9.17, 15) is 14.9 Å². The highest BCUT2D eigenvalue weighted by molar-refractivity contribution is 8.19. The average molecular weight is 540 g/mol. The van der Waals surface area contributed by atoms with Crippen LogP contribution in [-0.2, 0) is 11.4 Å². The van der Waals surface area contributed by atoms with Gasteiger partial charge in [-0.1, -0.05) is 35.9 Å². The Morgan fingerprint density at radius 3 is 2.47 bits per heavy atom. The van der Waals surface area contributed by atoms with Crippen LogP contribution in [0.15, 0.2) is 83.8 Å². The van der Waals surface area contributed by atoms with Gasteiger partial charge in [-0.15, -0.1) is 0 Å². The monoisotopic (exact) mass is 539 g/mol. The summed E-state index contributed by atoms with van der Waals surface area (Å²) in [6.45, 7) is 4.27. The van der Waals surface area contributed by atoms with E-state index in [1.165, 1.54) is 0 Å². The highest BCUT2D eigenvalue weighted by Gasteiger charge is 2.36. The van der Waals surface area contributed by atoms with Crippen LogP contribution in [0.2, 0.25) is 5.02 Å². The van der Waals surface area contributed by atoms with Crippen molar-refractivity contribution >= 4 is 46.3 Å². The van der Waals surface area contributed by atoms with Gasteiger partial charge in [0.05, 0.1) is 22.2 Å². The summed E-state index contributed by atoms with van der Waals surface area (Å²) in [7, 11) is 0. The number of amides is 2. The number of ether oxygens (including phenoxy) is 1. The van der Waals surface area contributed by atoms with E-state index in [1.807, 2.05) is 62.4 Å². The first-order chi connectivity index (χ1) is 18.4. The van der Waals surface area contributed by atoms with Gasteiger partial charge in [-0.3, -0.25) is 9.59 Å². The van der Waals surface area contributed by atoms with Gasteiger partial charge >= 0.3 is 0 Å². The van der Waals surface area contributed by atoms with Crippen molar-refractivity contribution < 1.29 is 14.3 Å². The van der Waals surface area contributed by atoms with E-state index in [4.69, 9.17) is 16.3 Å². The van der Waals surface area contributed by atoms with Crippen molar-refractivity contribution in [2.75, 3.05) is 4.90 Å². The minimum Gasteiger partial charge on any atom is -0.489 e. The van der Waals surface area contributed by atoms with Crippen molar-refractivity contribution in [2.45, 2.75) is 20.5 Å². The lowest BCUT2D eigenvalue weighted by Crippen LogP contribution is -2.27. The van der Waals surface area contributed by atoms with Gasteiger partial charge in [0.15, 0.2) is 0 Å². The van der Waals surface area contributed by atoms with Crippen molar-refractivity contribution in [3.8, 4) is 17.5 Å². The second kappa shape index (κ2) is 10.6. The number of imide groups is 1. The summed E-state index contributed by atoms with van der Waals surface area (Å²) in [4.78, 5) is 27.2. The molecule has 0 spiro atoms. The third-order valence-corrected chi connectivity index (χ3v) is 7.35. The van der Waals surface area contributed by atoms with Crippen molar-refractivity contribution in [3.05, 3.63) is 117 Å². The van der Waals surface area contributed by atoms with Gasteiger partial charge in [0.2, 0.25) is 0 Å². The van der Waals surface area contributed by atoms with Gasteiger partial charge in [0.25, 0.3) is 11.1 Å². The van der Waals surface area contributed by atoms with Crippen molar-refractivity contribution in [2.24, 2.45) is 0 Å². The highest BCUT2D eigenvalue weighted by Crippen LogP contribution is 2.37. The minimum atomic E-state index is -0.369. The number of thioether (sulfide) groups is 1. The number of rotatable bonds is 6. The second-order valence-electron chi connectivity index (χ2n) is 8.71. The van der Waals surface area contributed by atoms with Crippen LogP contribution in [-0.4, -0.2) is 15.7 Å². The van der Waals surface area contributed by atoms with Gasteiger partial charge in [-0.05, 0) is 91.8 Å². The van der Waals surface area contributed by atoms with Crippen LogP contribution in [0.4, 0.5) is 10.5 Å².